The van der Waals surface area contributed by atoms with Crippen molar-refractivity contribution >= 4 is 16.9 Å². The van der Waals surface area contributed by atoms with Crippen molar-refractivity contribution in [2.24, 2.45) is 0 Å². The maximum absolute atomic E-state index is 12.8. The Bertz CT molecular complexity index is 587. The maximum Gasteiger partial charge on any atom is 0.257 e. The fraction of sp³-hybridized carbons (Fsp3) is 0.562. The number of carbonyl (C=O) groups excluding carboxylic acids is 1. The number of aromatic amines is 1. The van der Waals surface area contributed by atoms with Crippen LogP contribution in [0.5, 0.6) is 0 Å². The molecule has 0 aliphatic rings. The van der Waals surface area contributed by atoms with E-state index in [0.29, 0.717) is 24.2 Å². The largest absolute Gasteiger partial charge is 0.385 e. The van der Waals surface area contributed by atoms with Gasteiger partial charge in [-0.3, -0.25) is 9.78 Å². The quantitative estimate of drug-likeness (QED) is 0.723. The molecule has 2 rings (SSSR count). The van der Waals surface area contributed by atoms with Gasteiger partial charge in [-0.15, -0.1) is 0 Å². The van der Waals surface area contributed by atoms with Gasteiger partial charge in [0.05, 0.1) is 23.6 Å². The predicted octanol–water partition coefficient (Wildman–Crippen LogP) is 2.63. The van der Waals surface area contributed by atoms with Crippen LogP contribution in [0.4, 0.5) is 0 Å². The highest BCUT2D eigenvalue weighted by Gasteiger charge is 2.19. The highest BCUT2D eigenvalue weighted by Crippen LogP contribution is 2.16. The van der Waals surface area contributed by atoms with E-state index in [2.05, 4.69) is 21.9 Å². The van der Waals surface area contributed by atoms with Gasteiger partial charge in [-0.25, -0.2) is 4.98 Å². The van der Waals surface area contributed by atoms with E-state index in [1.54, 1.807) is 25.8 Å². The number of methoxy groups -OCH3 is 1. The molecule has 0 aliphatic carbocycles. The van der Waals surface area contributed by atoms with Crippen molar-refractivity contribution in [2.75, 3.05) is 26.8 Å². The summed E-state index contributed by atoms with van der Waals surface area (Å²) in [7, 11) is 1.68. The summed E-state index contributed by atoms with van der Waals surface area (Å²) in [6.07, 6.45) is 8.99. The fourth-order valence-corrected chi connectivity index (χ4v) is 2.46. The molecule has 0 spiro atoms. The Morgan fingerprint density at radius 1 is 1.27 bits per heavy atom. The molecular formula is C16H24N4O2. The van der Waals surface area contributed by atoms with Gasteiger partial charge in [-0.05, 0) is 12.8 Å². The fourth-order valence-electron chi connectivity index (χ4n) is 2.46. The summed E-state index contributed by atoms with van der Waals surface area (Å²) in [6.45, 7) is 4.27. The van der Waals surface area contributed by atoms with Gasteiger partial charge in [0.25, 0.3) is 5.91 Å². The Morgan fingerprint density at radius 3 is 2.86 bits per heavy atom. The van der Waals surface area contributed by atoms with E-state index in [0.717, 1.165) is 37.7 Å². The Balaban J connectivity index is 2.14. The van der Waals surface area contributed by atoms with Gasteiger partial charge in [0.15, 0.2) is 0 Å². The average Bonchev–Trinajstić information content (AvgIpc) is 3.01. The molecule has 0 aromatic carbocycles. The maximum atomic E-state index is 12.8. The van der Waals surface area contributed by atoms with Crippen molar-refractivity contribution in [1.82, 2.24) is 19.9 Å². The first-order valence-corrected chi connectivity index (χ1v) is 7.83. The molecule has 0 aliphatic heterocycles. The zero-order chi connectivity index (χ0) is 15.8. The topological polar surface area (TPSA) is 71.1 Å². The van der Waals surface area contributed by atoms with E-state index in [9.17, 15) is 4.79 Å². The third-order valence-corrected chi connectivity index (χ3v) is 3.66. The van der Waals surface area contributed by atoms with Crippen LogP contribution in [0.1, 0.15) is 43.0 Å². The lowest BCUT2D eigenvalue weighted by atomic mass is 10.2. The normalized spacial score (nSPS) is 11.0. The van der Waals surface area contributed by atoms with Crippen LogP contribution in [-0.2, 0) is 4.74 Å². The molecule has 0 saturated carbocycles. The third kappa shape index (κ3) is 4.04. The lowest BCUT2D eigenvalue weighted by molar-refractivity contribution is 0.0735. The lowest BCUT2D eigenvalue weighted by Crippen LogP contribution is -2.33. The number of pyridine rings is 1. The number of fused-ring (bicyclic) bond motifs is 1. The zero-order valence-corrected chi connectivity index (χ0v) is 13.3. The number of rotatable bonds is 9. The monoisotopic (exact) mass is 304 g/mol. The first kappa shape index (κ1) is 16.4. The van der Waals surface area contributed by atoms with E-state index >= 15 is 0 Å². The van der Waals surface area contributed by atoms with Gasteiger partial charge >= 0.3 is 0 Å². The highest BCUT2D eigenvalue weighted by molar-refractivity contribution is 6.04. The first-order chi connectivity index (χ1) is 10.8. The van der Waals surface area contributed by atoms with Crippen molar-refractivity contribution in [3.05, 3.63) is 24.3 Å². The number of nitrogens with one attached hydrogen (secondary N) is 1. The average molecular weight is 304 g/mol. The predicted molar refractivity (Wildman–Crippen MR) is 85.8 cm³/mol. The van der Waals surface area contributed by atoms with Crippen LogP contribution < -0.4 is 0 Å². The minimum Gasteiger partial charge on any atom is -0.385 e. The number of unbranched alkanes of at least 4 members (excludes halogenated alkanes) is 2. The van der Waals surface area contributed by atoms with Crippen molar-refractivity contribution in [2.45, 2.75) is 32.6 Å². The van der Waals surface area contributed by atoms with Crippen LogP contribution in [0.2, 0.25) is 0 Å². The number of amides is 1. The Kier molecular flexibility index (Phi) is 6.33. The minimum atomic E-state index is -0.00240. The smallest absolute Gasteiger partial charge is 0.257 e. The SMILES string of the molecule is CCCCCN(CCCOC)C(=O)c1cncc2[nH]cnc12. The molecule has 1 N–H and O–H groups in total. The third-order valence-electron chi connectivity index (χ3n) is 3.66. The first-order valence-electron chi connectivity index (χ1n) is 7.83. The highest BCUT2D eigenvalue weighted by atomic mass is 16.5. The second-order valence-electron chi connectivity index (χ2n) is 5.33. The Labute approximate surface area is 130 Å². The molecule has 2 aromatic rings. The second kappa shape index (κ2) is 8.48. The summed E-state index contributed by atoms with van der Waals surface area (Å²) in [5, 5.41) is 0. The second-order valence-corrected chi connectivity index (χ2v) is 5.33. The summed E-state index contributed by atoms with van der Waals surface area (Å²) in [6, 6.07) is 0. The molecule has 2 aromatic heterocycles. The van der Waals surface area contributed by atoms with Crippen LogP contribution in [0, 0.1) is 0 Å². The van der Waals surface area contributed by atoms with Gasteiger partial charge in [-0.2, -0.15) is 0 Å². The number of hydrogen-bond acceptors (Lipinski definition) is 4. The molecule has 0 saturated heterocycles. The molecule has 120 valence electrons. The van der Waals surface area contributed by atoms with E-state index in [-0.39, 0.29) is 5.91 Å². The van der Waals surface area contributed by atoms with Gasteiger partial charge in [0.1, 0.15) is 5.52 Å². The van der Waals surface area contributed by atoms with Gasteiger partial charge in [0.2, 0.25) is 0 Å². The molecule has 6 heteroatoms. The molecule has 0 fully saturated rings. The van der Waals surface area contributed by atoms with Crippen LogP contribution in [0.25, 0.3) is 11.0 Å². The van der Waals surface area contributed by atoms with Gasteiger partial charge in [0, 0.05) is 33.0 Å². The van der Waals surface area contributed by atoms with Crippen molar-refractivity contribution in [1.29, 1.82) is 0 Å². The standard InChI is InChI=1S/C16H24N4O2/c1-3-4-5-7-20(8-6-9-22-2)16(21)13-10-17-11-14-15(13)19-12-18-14/h10-12H,3-9H2,1-2H3,(H,18,19). The Morgan fingerprint density at radius 2 is 2.09 bits per heavy atom. The summed E-state index contributed by atoms with van der Waals surface area (Å²) >= 11 is 0. The molecule has 6 nitrogen and oxygen atoms in total. The summed E-state index contributed by atoms with van der Waals surface area (Å²) < 4.78 is 5.09. The van der Waals surface area contributed by atoms with Crippen molar-refractivity contribution in [3.63, 3.8) is 0 Å². The molecule has 1 amide bonds. The molecule has 2 heterocycles. The molecule has 0 radical (unpaired) electrons. The number of H-pyrrole nitrogens is 1. The van der Waals surface area contributed by atoms with Crippen LogP contribution in [-0.4, -0.2) is 52.6 Å². The Hall–Kier alpha value is -1.95. The van der Waals surface area contributed by atoms with E-state index in [1.165, 1.54) is 0 Å². The van der Waals surface area contributed by atoms with Crippen LogP contribution >= 0.6 is 0 Å². The molecule has 22 heavy (non-hydrogen) atoms. The number of hydrogen-bond donors (Lipinski definition) is 1. The molecule has 0 atom stereocenters. The molecular weight excluding hydrogens is 280 g/mol. The molecule has 0 unspecified atom stereocenters. The van der Waals surface area contributed by atoms with E-state index in [1.807, 2.05) is 4.90 Å². The van der Waals surface area contributed by atoms with Gasteiger partial charge < -0.3 is 14.6 Å². The van der Waals surface area contributed by atoms with Crippen molar-refractivity contribution in [3.8, 4) is 0 Å². The number of nitrogens with zero attached hydrogens (tertiary/aromatic N) is 3. The van der Waals surface area contributed by atoms with Crippen LogP contribution in [0.15, 0.2) is 18.7 Å². The van der Waals surface area contributed by atoms with E-state index < -0.39 is 0 Å². The van der Waals surface area contributed by atoms with Crippen molar-refractivity contribution < 1.29 is 9.53 Å². The zero-order valence-electron chi connectivity index (χ0n) is 13.3. The number of carbonyl (C=O) groups is 1. The van der Waals surface area contributed by atoms with E-state index in [4.69, 9.17) is 4.74 Å². The minimum absolute atomic E-state index is 0.00240. The summed E-state index contributed by atoms with van der Waals surface area (Å²) in [5.41, 5.74) is 2.04. The summed E-state index contributed by atoms with van der Waals surface area (Å²) in [4.78, 5) is 26.1. The number of aromatic nitrogens is 3. The number of imidazole rings is 1. The molecule has 0 bridgehead atoms. The van der Waals surface area contributed by atoms with Gasteiger partial charge in [-0.1, -0.05) is 19.8 Å². The number of ether oxygens (including phenoxy) is 1. The summed E-state index contributed by atoms with van der Waals surface area (Å²) in [5.74, 6) is -0.00240. The van der Waals surface area contributed by atoms with Crippen LogP contribution in [0.3, 0.4) is 0 Å². The lowest BCUT2D eigenvalue weighted by Gasteiger charge is -2.22.